The molecule has 0 saturated carbocycles. The van der Waals surface area contributed by atoms with Crippen LogP contribution < -0.4 is 0 Å². The number of nitrogens with zero attached hydrogens (tertiary/aromatic N) is 3. The van der Waals surface area contributed by atoms with Gasteiger partial charge in [0.2, 0.25) is 0 Å². The molecule has 0 aromatic carbocycles. The van der Waals surface area contributed by atoms with Crippen LogP contribution in [-0.2, 0) is 9.53 Å². The maximum Gasteiger partial charge on any atom is 0.304 e. The molecule has 2 atom stereocenters. The molecule has 1 saturated heterocycles. The molecule has 94 valence electrons. The second-order valence-corrected chi connectivity index (χ2v) is 4.23. The van der Waals surface area contributed by atoms with Crippen LogP contribution in [0, 0.1) is 0 Å². The molecule has 0 bridgehead atoms. The van der Waals surface area contributed by atoms with Gasteiger partial charge in [-0.15, -0.1) is 0 Å². The Hall–Kier alpha value is -1.40. The molecule has 2 rings (SSSR count). The van der Waals surface area contributed by atoms with Gasteiger partial charge in [-0.2, -0.15) is 5.10 Å². The van der Waals surface area contributed by atoms with Crippen molar-refractivity contribution in [1.82, 2.24) is 14.7 Å². The van der Waals surface area contributed by atoms with E-state index in [2.05, 4.69) is 10.00 Å². The fraction of sp³-hybridized carbons (Fsp3) is 0.636. The molecule has 1 aliphatic heterocycles. The minimum atomic E-state index is -0.762. The number of aliphatic carboxylic acids is 1. The Morgan fingerprint density at radius 2 is 2.41 bits per heavy atom. The lowest BCUT2D eigenvalue weighted by Crippen LogP contribution is -2.25. The predicted molar refractivity (Wildman–Crippen MR) is 60.8 cm³/mol. The van der Waals surface area contributed by atoms with Crippen molar-refractivity contribution in [2.75, 3.05) is 26.7 Å². The molecule has 6 heteroatoms. The summed E-state index contributed by atoms with van der Waals surface area (Å²) in [6, 6.07) is 2.05. The van der Waals surface area contributed by atoms with E-state index in [-0.39, 0.29) is 18.6 Å². The van der Waals surface area contributed by atoms with Gasteiger partial charge in [-0.05, 0) is 6.07 Å². The fourth-order valence-corrected chi connectivity index (χ4v) is 2.23. The monoisotopic (exact) mass is 239 g/mol. The molecule has 6 nitrogen and oxygen atoms in total. The third kappa shape index (κ3) is 2.83. The van der Waals surface area contributed by atoms with Gasteiger partial charge >= 0.3 is 5.97 Å². The van der Waals surface area contributed by atoms with E-state index >= 15 is 0 Å². The predicted octanol–water partition coefficient (Wildman–Crippen LogP) is 0.229. The third-order valence-electron chi connectivity index (χ3n) is 3.12. The molecule has 0 amide bonds. The van der Waals surface area contributed by atoms with Crippen molar-refractivity contribution in [1.29, 1.82) is 0 Å². The number of carboxylic acid groups (broad SMARTS) is 1. The summed E-state index contributed by atoms with van der Waals surface area (Å²) in [5.74, 6) is -0.762. The lowest BCUT2D eigenvalue weighted by Gasteiger charge is -2.16. The zero-order valence-corrected chi connectivity index (χ0v) is 9.82. The number of hydrogen-bond donors (Lipinski definition) is 1. The van der Waals surface area contributed by atoms with E-state index in [0.29, 0.717) is 6.54 Å². The molecule has 1 aromatic rings. The molecule has 0 aliphatic carbocycles. The fourth-order valence-electron chi connectivity index (χ4n) is 2.23. The molecule has 1 aromatic heterocycles. The van der Waals surface area contributed by atoms with E-state index < -0.39 is 5.97 Å². The summed E-state index contributed by atoms with van der Waals surface area (Å²) in [5.41, 5.74) is 0. The molecule has 1 aliphatic rings. The van der Waals surface area contributed by atoms with Crippen molar-refractivity contribution in [3.8, 4) is 0 Å². The van der Waals surface area contributed by atoms with Crippen molar-refractivity contribution in [3.05, 3.63) is 18.5 Å². The zero-order chi connectivity index (χ0) is 12.3. The van der Waals surface area contributed by atoms with E-state index in [1.807, 2.05) is 16.9 Å². The highest BCUT2D eigenvalue weighted by molar-refractivity contribution is 5.66. The summed E-state index contributed by atoms with van der Waals surface area (Å²) < 4.78 is 7.32. The van der Waals surface area contributed by atoms with Gasteiger partial charge < -0.3 is 9.84 Å². The largest absolute Gasteiger partial charge is 0.481 e. The second-order valence-electron chi connectivity index (χ2n) is 4.23. The summed E-state index contributed by atoms with van der Waals surface area (Å²) in [5, 5.41) is 12.9. The van der Waals surface area contributed by atoms with Crippen LogP contribution in [0.15, 0.2) is 18.5 Å². The van der Waals surface area contributed by atoms with Gasteiger partial charge in [0.15, 0.2) is 0 Å². The highest BCUT2D eigenvalue weighted by Gasteiger charge is 2.34. The van der Waals surface area contributed by atoms with Crippen LogP contribution in [0.2, 0.25) is 0 Å². The molecule has 0 spiro atoms. The van der Waals surface area contributed by atoms with Crippen LogP contribution >= 0.6 is 0 Å². The van der Waals surface area contributed by atoms with Crippen molar-refractivity contribution in [3.63, 3.8) is 0 Å². The maximum atomic E-state index is 10.5. The molecule has 1 N–H and O–H groups in total. The van der Waals surface area contributed by atoms with Gasteiger partial charge in [0.1, 0.15) is 0 Å². The molecule has 1 fully saturated rings. The number of carbonyl (C=O) groups is 1. The van der Waals surface area contributed by atoms with Crippen LogP contribution in [0.4, 0.5) is 0 Å². The first-order valence-corrected chi connectivity index (χ1v) is 5.67. The molecule has 2 unspecified atom stereocenters. The van der Waals surface area contributed by atoms with Gasteiger partial charge in [-0.1, -0.05) is 0 Å². The smallest absolute Gasteiger partial charge is 0.304 e. The standard InChI is InChI=1S/C11H17N3O3/c1-17-10-8-13(6-3-11(15)16)7-9(10)14-5-2-4-12-14/h2,4-5,9-10H,3,6-8H2,1H3,(H,15,16). The molecule has 2 heterocycles. The quantitative estimate of drug-likeness (QED) is 0.796. The maximum absolute atomic E-state index is 10.5. The Bertz CT molecular complexity index is 366. The van der Waals surface area contributed by atoms with E-state index in [1.54, 1.807) is 13.3 Å². The summed E-state index contributed by atoms with van der Waals surface area (Å²) in [4.78, 5) is 12.6. The SMILES string of the molecule is COC1CN(CCC(=O)O)CC1n1cccn1. The topological polar surface area (TPSA) is 67.6 Å². The van der Waals surface area contributed by atoms with Gasteiger partial charge in [0, 0.05) is 39.1 Å². The number of aromatic nitrogens is 2. The summed E-state index contributed by atoms with van der Waals surface area (Å²) in [7, 11) is 1.68. The Balaban J connectivity index is 1.96. The average Bonchev–Trinajstić information content (AvgIpc) is 2.94. The highest BCUT2D eigenvalue weighted by Crippen LogP contribution is 2.23. The number of carboxylic acids is 1. The zero-order valence-electron chi connectivity index (χ0n) is 9.82. The highest BCUT2D eigenvalue weighted by atomic mass is 16.5. The minimum absolute atomic E-state index is 0.0729. The van der Waals surface area contributed by atoms with Crippen molar-refractivity contribution in [2.45, 2.75) is 18.6 Å². The lowest BCUT2D eigenvalue weighted by molar-refractivity contribution is -0.137. The van der Waals surface area contributed by atoms with Crippen molar-refractivity contribution >= 4 is 5.97 Å². The number of methoxy groups -OCH3 is 1. The minimum Gasteiger partial charge on any atom is -0.481 e. The summed E-state index contributed by atoms with van der Waals surface area (Å²) in [6.45, 7) is 2.11. The van der Waals surface area contributed by atoms with Crippen LogP contribution in [-0.4, -0.2) is 58.6 Å². The van der Waals surface area contributed by atoms with Crippen LogP contribution in [0.1, 0.15) is 12.5 Å². The van der Waals surface area contributed by atoms with Gasteiger partial charge in [0.05, 0.1) is 18.6 Å². The van der Waals surface area contributed by atoms with E-state index in [4.69, 9.17) is 9.84 Å². The van der Waals surface area contributed by atoms with Crippen LogP contribution in [0.25, 0.3) is 0 Å². The number of ether oxygens (including phenoxy) is 1. The number of rotatable bonds is 5. The van der Waals surface area contributed by atoms with Crippen molar-refractivity contribution in [2.24, 2.45) is 0 Å². The molecule has 0 radical (unpaired) electrons. The van der Waals surface area contributed by atoms with Crippen LogP contribution in [0.3, 0.4) is 0 Å². The summed E-state index contributed by atoms with van der Waals surface area (Å²) >= 11 is 0. The Morgan fingerprint density at radius 1 is 1.59 bits per heavy atom. The van der Waals surface area contributed by atoms with Gasteiger partial charge in [0.25, 0.3) is 0 Å². The lowest BCUT2D eigenvalue weighted by atomic mass is 10.2. The van der Waals surface area contributed by atoms with Gasteiger partial charge in [-0.25, -0.2) is 0 Å². The third-order valence-corrected chi connectivity index (χ3v) is 3.12. The first-order chi connectivity index (χ1) is 8.20. The number of hydrogen-bond acceptors (Lipinski definition) is 4. The first kappa shape index (κ1) is 12.1. The first-order valence-electron chi connectivity index (χ1n) is 5.67. The van der Waals surface area contributed by atoms with Gasteiger partial charge in [-0.3, -0.25) is 14.4 Å². The Kier molecular flexibility index (Phi) is 3.75. The average molecular weight is 239 g/mol. The van der Waals surface area contributed by atoms with Crippen molar-refractivity contribution < 1.29 is 14.6 Å². The molecular formula is C11H17N3O3. The number of likely N-dealkylation sites (tertiary alicyclic amines) is 1. The van der Waals surface area contributed by atoms with Crippen LogP contribution in [0.5, 0.6) is 0 Å². The van der Waals surface area contributed by atoms with E-state index in [0.717, 1.165) is 13.1 Å². The summed E-state index contributed by atoms with van der Waals surface area (Å²) in [6.07, 6.45) is 3.90. The molecule has 17 heavy (non-hydrogen) atoms. The normalized spacial score (nSPS) is 25.2. The second kappa shape index (κ2) is 5.29. The Morgan fingerprint density at radius 3 is 3.00 bits per heavy atom. The van der Waals surface area contributed by atoms with E-state index in [1.165, 1.54) is 0 Å². The van der Waals surface area contributed by atoms with E-state index in [9.17, 15) is 4.79 Å². The molecular weight excluding hydrogens is 222 g/mol. The Labute approximate surface area is 99.8 Å².